The van der Waals surface area contributed by atoms with Crippen LogP contribution in [0.5, 0.6) is 0 Å². The van der Waals surface area contributed by atoms with Gasteiger partial charge in [0.15, 0.2) is 0 Å². The molecule has 1 N–H and O–H groups in total. The minimum Gasteiger partial charge on any atom is -0.355 e. The van der Waals surface area contributed by atoms with E-state index >= 15 is 0 Å². The summed E-state index contributed by atoms with van der Waals surface area (Å²) in [6.07, 6.45) is 5.08. The summed E-state index contributed by atoms with van der Waals surface area (Å²) in [5.41, 5.74) is 0. The highest BCUT2D eigenvalue weighted by Crippen LogP contribution is 2.08. The molecule has 0 aromatic carbocycles. The number of hydrogen-bond acceptors (Lipinski definition) is 4. The molecule has 6 heteroatoms. The van der Waals surface area contributed by atoms with Crippen LogP contribution in [-0.2, 0) is 4.79 Å². The van der Waals surface area contributed by atoms with E-state index in [2.05, 4.69) is 22.2 Å². The zero-order chi connectivity index (χ0) is 12.7. The highest BCUT2D eigenvalue weighted by Gasteiger charge is 2.08. The number of carbonyl (C=O) groups is 1. The number of aromatic nitrogens is 2. The summed E-state index contributed by atoms with van der Waals surface area (Å²) in [6, 6.07) is 0. The molecule has 1 rings (SSSR count). The summed E-state index contributed by atoms with van der Waals surface area (Å²) in [7, 11) is 1.77. The van der Waals surface area contributed by atoms with Crippen LogP contribution in [0.2, 0.25) is 5.02 Å². The minimum atomic E-state index is -0.0282. The van der Waals surface area contributed by atoms with Gasteiger partial charge < -0.3 is 10.2 Å². The van der Waals surface area contributed by atoms with Gasteiger partial charge in [-0.1, -0.05) is 24.9 Å². The Bertz CT molecular complexity index is 355. The zero-order valence-electron chi connectivity index (χ0n) is 10.1. The second-order valence-electron chi connectivity index (χ2n) is 3.76. The van der Waals surface area contributed by atoms with Crippen LogP contribution in [0.25, 0.3) is 0 Å². The molecular weight excluding hydrogens is 240 g/mol. The van der Waals surface area contributed by atoms with Gasteiger partial charge in [0.2, 0.25) is 11.9 Å². The Balaban J connectivity index is 2.40. The molecule has 0 aliphatic carbocycles. The molecule has 0 bridgehead atoms. The number of hydrogen-bond donors (Lipinski definition) is 1. The van der Waals surface area contributed by atoms with Crippen molar-refractivity contribution in [2.24, 2.45) is 0 Å². The van der Waals surface area contributed by atoms with Gasteiger partial charge in [0.1, 0.15) is 0 Å². The van der Waals surface area contributed by atoms with Crippen molar-refractivity contribution in [3.05, 3.63) is 17.4 Å². The number of amides is 1. The zero-order valence-corrected chi connectivity index (χ0v) is 10.9. The Morgan fingerprint density at radius 2 is 2.12 bits per heavy atom. The fourth-order valence-electron chi connectivity index (χ4n) is 1.25. The molecule has 0 saturated carbocycles. The van der Waals surface area contributed by atoms with Crippen molar-refractivity contribution in [1.29, 1.82) is 0 Å². The van der Waals surface area contributed by atoms with Gasteiger partial charge >= 0.3 is 0 Å². The summed E-state index contributed by atoms with van der Waals surface area (Å²) >= 11 is 5.68. The third-order valence-electron chi connectivity index (χ3n) is 2.18. The first-order valence-corrected chi connectivity index (χ1v) is 5.96. The van der Waals surface area contributed by atoms with Gasteiger partial charge in [-0.2, -0.15) is 0 Å². The van der Waals surface area contributed by atoms with Gasteiger partial charge in [-0.05, 0) is 6.42 Å². The van der Waals surface area contributed by atoms with E-state index < -0.39 is 0 Å². The van der Waals surface area contributed by atoms with Crippen molar-refractivity contribution in [2.75, 3.05) is 25.0 Å². The molecule has 1 amide bonds. The van der Waals surface area contributed by atoms with Crippen molar-refractivity contribution < 1.29 is 4.79 Å². The van der Waals surface area contributed by atoms with Crippen LogP contribution in [0, 0.1) is 0 Å². The standard InChI is InChI=1S/C11H17ClN4O/c1-3-4-5-13-10(17)8-16(2)11-14-6-9(12)7-15-11/h6-7H,3-5,8H2,1-2H3,(H,13,17). The molecule has 0 fully saturated rings. The van der Waals surface area contributed by atoms with E-state index in [-0.39, 0.29) is 12.5 Å². The molecule has 1 heterocycles. The fourth-order valence-corrected chi connectivity index (χ4v) is 1.35. The van der Waals surface area contributed by atoms with Gasteiger partial charge in [-0.25, -0.2) is 9.97 Å². The van der Waals surface area contributed by atoms with Crippen LogP contribution < -0.4 is 10.2 Å². The van der Waals surface area contributed by atoms with Crippen molar-refractivity contribution >= 4 is 23.5 Å². The van der Waals surface area contributed by atoms with Crippen LogP contribution >= 0.6 is 11.6 Å². The number of nitrogens with one attached hydrogen (secondary N) is 1. The molecule has 0 atom stereocenters. The van der Waals surface area contributed by atoms with Gasteiger partial charge in [0, 0.05) is 13.6 Å². The maximum atomic E-state index is 11.5. The summed E-state index contributed by atoms with van der Waals surface area (Å²) < 4.78 is 0. The molecule has 0 radical (unpaired) electrons. The first-order valence-electron chi connectivity index (χ1n) is 5.59. The van der Waals surface area contributed by atoms with Gasteiger partial charge in [0.25, 0.3) is 0 Å². The molecular formula is C11H17ClN4O. The lowest BCUT2D eigenvalue weighted by Gasteiger charge is -2.16. The second-order valence-corrected chi connectivity index (χ2v) is 4.20. The quantitative estimate of drug-likeness (QED) is 0.784. The van der Waals surface area contributed by atoms with Gasteiger partial charge in [-0.15, -0.1) is 0 Å². The first-order chi connectivity index (χ1) is 8.13. The van der Waals surface area contributed by atoms with Crippen LogP contribution in [0.1, 0.15) is 19.8 Å². The Hall–Kier alpha value is -1.36. The smallest absolute Gasteiger partial charge is 0.239 e. The topological polar surface area (TPSA) is 58.1 Å². The Labute approximate surface area is 106 Å². The average molecular weight is 257 g/mol. The molecule has 0 aliphatic rings. The van der Waals surface area contributed by atoms with E-state index in [1.165, 1.54) is 12.4 Å². The molecule has 5 nitrogen and oxygen atoms in total. The molecule has 94 valence electrons. The Kier molecular flexibility index (Phi) is 5.69. The fraction of sp³-hybridized carbons (Fsp3) is 0.545. The number of halogens is 1. The molecule has 0 aliphatic heterocycles. The maximum absolute atomic E-state index is 11.5. The highest BCUT2D eigenvalue weighted by atomic mass is 35.5. The van der Waals surface area contributed by atoms with Crippen LogP contribution in [0.15, 0.2) is 12.4 Å². The van der Waals surface area contributed by atoms with Crippen LogP contribution in [-0.4, -0.2) is 36.0 Å². The van der Waals surface area contributed by atoms with E-state index in [1.807, 2.05) is 0 Å². The third kappa shape index (κ3) is 4.99. The Morgan fingerprint density at radius 1 is 1.47 bits per heavy atom. The lowest BCUT2D eigenvalue weighted by molar-refractivity contribution is -0.119. The second kappa shape index (κ2) is 7.06. The highest BCUT2D eigenvalue weighted by molar-refractivity contribution is 6.30. The summed E-state index contributed by atoms with van der Waals surface area (Å²) in [5, 5.41) is 3.31. The lowest BCUT2D eigenvalue weighted by Crippen LogP contribution is -2.36. The molecule has 1 aromatic heterocycles. The third-order valence-corrected chi connectivity index (χ3v) is 2.38. The summed E-state index contributed by atoms with van der Waals surface area (Å²) in [5.74, 6) is 0.458. The lowest BCUT2D eigenvalue weighted by atomic mass is 10.3. The monoisotopic (exact) mass is 256 g/mol. The number of anilines is 1. The summed E-state index contributed by atoms with van der Waals surface area (Å²) in [6.45, 7) is 3.04. The number of unbranched alkanes of at least 4 members (excludes halogenated alkanes) is 1. The Morgan fingerprint density at radius 3 is 2.71 bits per heavy atom. The summed E-state index contributed by atoms with van der Waals surface area (Å²) in [4.78, 5) is 21.3. The predicted molar refractivity (Wildman–Crippen MR) is 68.2 cm³/mol. The van der Waals surface area contributed by atoms with Crippen LogP contribution in [0.4, 0.5) is 5.95 Å². The van der Waals surface area contributed by atoms with E-state index in [0.717, 1.165) is 12.8 Å². The van der Waals surface area contributed by atoms with Crippen molar-refractivity contribution in [3.63, 3.8) is 0 Å². The average Bonchev–Trinajstić information content (AvgIpc) is 2.30. The number of carbonyl (C=O) groups excluding carboxylic acids is 1. The minimum absolute atomic E-state index is 0.0282. The number of nitrogens with zero attached hydrogens (tertiary/aromatic N) is 3. The largest absolute Gasteiger partial charge is 0.355 e. The molecule has 0 spiro atoms. The van der Waals surface area contributed by atoms with Crippen LogP contribution in [0.3, 0.4) is 0 Å². The molecule has 1 aromatic rings. The van der Waals surface area contributed by atoms with E-state index in [1.54, 1.807) is 11.9 Å². The van der Waals surface area contributed by atoms with E-state index in [4.69, 9.17) is 11.6 Å². The maximum Gasteiger partial charge on any atom is 0.239 e. The van der Waals surface area contributed by atoms with Crippen molar-refractivity contribution in [2.45, 2.75) is 19.8 Å². The van der Waals surface area contributed by atoms with E-state index in [0.29, 0.717) is 17.5 Å². The number of rotatable bonds is 6. The molecule has 0 unspecified atom stereocenters. The van der Waals surface area contributed by atoms with E-state index in [9.17, 15) is 4.79 Å². The SMILES string of the molecule is CCCCNC(=O)CN(C)c1ncc(Cl)cn1. The van der Waals surface area contributed by atoms with Crippen molar-refractivity contribution in [3.8, 4) is 0 Å². The van der Waals surface area contributed by atoms with Gasteiger partial charge in [0.05, 0.1) is 24.0 Å². The van der Waals surface area contributed by atoms with Crippen molar-refractivity contribution in [1.82, 2.24) is 15.3 Å². The first kappa shape index (κ1) is 13.7. The van der Waals surface area contributed by atoms with Gasteiger partial charge in [-0.3, -0.25) is 4.79 Å². The normalized spacial score (nSPS) is 10.1. The molecule has 17 heavy (non-hydrogen) atoms. The predicted octanol–water partition coefficient (Wildman–Crippen LogP) is 1.48. The molecule has 0 saturated heterocycles. The number of likely N-dealkylation sites (N-methyl/N-ethyl adjacent to an activating group) is 1.